The third-order valence-corrected chi connectivity index (χ3v) is 5.46. The Morgan fingerprint density at radius 3 is 1.92 bits per heavy atom. The maximum Gasteiger partial charge on any atom is 0.0552 e. The molecule has 6 aromatic rings. The van der Waals surface area contributed by atoms with Crippen molar-refractivity contribution in [2.45, 2.75) is 0 Å². The predicted molar refractivity (Wildman–Crippen MR) is 139 cm³/mol. The molecule has 0 amide bonds. The zero-order valence-corrected chi connectivity index (χ0v) is 22.3. The summed E-state index contributed by atoms with van der Waals surface area (Å²) < 4.78 is 27.7. The van der Waals surface area contributed by atoms with Crippen molar-refractivity contribution in [3.8, 4) is 39.6 Å². The average molecular weight is 679 g/mol. The van der Waals surface area contributed by atoms with Crippen LogP contribution in [0, 0.1) is 24.0 Å². The van der Waals surface area contributed by atoms with Gasteiger partial charge in [-0.2, -0.15) is 0 Å². The first kappa shape index (κ1) is 26.7. The SMILES string of the molecule is Fc1c[c-]c(-c2ccccn2)c(F)c1.[Ir].[c-]1nc(-c2ccccc2)c(-c2ccccc2)n1-c1ccccn1. The Labute approximate surface area is 233 Å². The number of pyridine rings is 2. The summed E-state index contributed by atoms with van der Waals surface area (Å²) in [6.45, 7) is 0. The molecule has 0 spiro atoms. The summed E-state index contributed by atoms with van der Waals surface area (Å²) in [6.07, 6.45) is 6.42. The van der Waals surface area contributed by atoms with Crippen LogP contribution in [-0.4, -0.2) is 19.5 Å². The number of halogens is 2. The van der Waals surface area contributed by atoms with E-state index in [9.17, 15) is 8.78 Å². The van der Waals surface area contributed by atoms with Gasteiger partial charge in [-0.15, -0.1) is 12.1 Å². The van der Waals surface area contributed by atoms with E-state index in [0.29, 0.717) is 5.69 Å². The van der Waals surface area contributed by atoms with Crippen LogP contribution in [0.15, 0.2) is 122 Å². The van der Waals surface area contributed by atoms with Gasteiger partial charge >= 0.3 is 0 Å². The van der Waals surface area contributed by atoms with Gasteiger partial charge in [-0.05, 0) is 34.8 Å². The number of nitrogens with zero attached hydrogens (tertiary/aromatic N) is 4. The number of aromatic nitrogens is 4. The largest absolute Gasteiger partial charge is 0.411 e. The molecule has 6 rings (SSSR count). The Balaban J connectivity index is 0.000000193. The van der Waals surface area contributed by atoms with Crippen LogP contribution in [-0.2, 0) is 20.1 Å². The van der Waals surface area contributed by atoms with Gasteiger partial charge in [0.25, 0.3) is 0 Å². The first-order valence-corrected chi connectivity index (χ1v) is 11.5. The van der Waals surface area contributed by atoms with Crippen LogP contribution < -0.4 is 0 Å². The van der Waals surface area contributed by atoms with E-state index in [4.69, 9.17) is 0 Å². The molecule has 3 heterocycles. The van der Waals surface area contributed by atoms with Crippen molar-refractivity contribution in [1.29, 1.82) is 0 Å². The quantitative estimate of drug-likeness (QED) is 0.185. The van der Waals surface area contributed by atoms with Crippen molar-refractivity contribution in [2.75, 3.05) is 0 Å². The molecule has 3 aromatic heterocycles. The van der Waals surface area contributed by atoms with Gasteiger partial charge in [-0.1, -0.05) is 102 Å². The van der Waals surface area contributed by atoms with E-state index in [2.05, 4.69) is 51.6 Å². The third-order valence-electron chi connectivity index (χ3n) is 5.46. The molecule has 189 valence electrons. The predicted octanol–water partition coefficient (Wildman–Crippen LogP) is 7.23. The van der Waals surface area contributed by atoms with Crippen molar-refractivity contribution in [2.24, 2.45) is 0 Å². The Bertz CT molecular complexity index is 1520. The molecule has 0 unspecified atom stereocenters. The smallest absolute Gasteiger partial charge is 0.0552 e. The zero-order valence-electron chi connectivity index (χ0n) is 19.9. The molecule has 4 nitrogen and oxygen atoms in total. The fourth-order valence-electron chi connectivity index (χ4n) is 3.77. The number of hydrogen-bond donors (Lipinski definition) is 0. The molecule has 0 fully saturated rings. The van der Waals surface area contributed by atoms with E-state index in [1.807, 2.05) is 59.2 Å². The summed E-state index contributed by atoms with van der Waals surface area (Å²) in [5, 5.41) is 0. The van der Waals surface area contributed by atoms with Crippen molar-refractivity contribution in [3.63, 3.8) is 0 Å². The average Bonchev–Trinajstić information content (AvgIpc) is 3.41. The molecular weight excluding hydrogens is 659 g/mol. The molecule has 7 heteroatoms. The van der Waals surface area contributed by atoms with Gasteiger partial charge in [0.05, 0.1) is 5.82 Å². The minimum Gasteiger partial charge on any atom is -0.411 e. The van der Waals surface area contributed by atoms with Gasteiger partial charge in [0.15, 0.2) is 0 Å². The summed E-state index contributed by atoms with van der Waals surface area (Å²) in [5.74, 6) is -0.480. The molecule has 3 aromatic carbocycles. The van der Waals surface area contributed by atoms with E-state index in [1.165, 1.54) is 0 Å². The Kier molecular flexibility index (Phi) is 8.98. The zero-order chi connectivity index (χ0) is 25.5. The molecule has 1 radical (unpaired) electrons. The van der Waals surface area contributed by atoms with Gasteiger partial charge in [-0.25, -0.2) is 0 Å². The van der Waals surface area contributed by atoms with Gasteiger partial charge in [0.1, 0.15) is 0 Å². The van der Waals surface area contributed by atoms with Crippen LogP contribution in [0.2, 0.25) is 0 Å². The second kappa shape index (κ2) is 12.8. The molecule has 38 heavy (non-hydrogen) atoms. The van der Waals surface area contributed by atoms with Crippen LogP contribution in [0.4, 0.5) is 8.78 Å². The maximum absolute atomic E-state index is 13.2. The molecule has 0 bridgehead atoms. The van der Waals surface area contributed by atoms with E-state index in [0.717, 1.165) is 40.5 Å². The Hall–Kier alpha value is -4.32. The third kappa shape index (κ3) is 6.14. The molecule has 0 atom stereocenters. The molecule has 0 aliphatic carbocycles. The van der Waals surface area contributed by atoms with Gasteiger partial charge in [0.2, 0.25) is 0 Å². The summed E-state index contributed by atoms with van der Waals surface area (Å²) in [4.78, 5) is 12.9. The van der Waals surface area contributed by atoms with Crippen molar-refractivity contribution < 1.29 is 28.9 Å². The van der Waals surface area contributed by atoms with Crippen LogP contribution in [0.3, 0.4) is 0 Å². The second-order valence-electron chi connectivity index (χ2n) is 7.92. The fourth-order valence-corrected chi connectivity index (χ4v) is 3.77. The van der Waals surface area contributed by atoms with E-state index in [1.54, 1.807) is 30.6 Å². The second-order valence-corrected chi connectivity index (χ2v) is 7.92. The molecule has 0 N–H and O–H groups in total. The minimum absolute atomic E-state index is 0. The fraction of sp³-hybridized carbons (Fsp3) is 0. The molecule has 0 saturated heterocycles. The first-order valence-electron chi connectivity index (χ1n) is 11.5. The van der Waals surface area contributed by atoms with Crippen LogP contribution in [0.5, 0.6) is 0 Å². The van der Waals surface area contributed by atoms with E-state index >= 15 is 0 Å². The van der Waals surface area contributed by atoms with Crippen molar-refractivity contribution in [3.05, 3.63) is 146 Å². The molecule has 0 aliphatic heterocycles. The van der Waals surface area contributed by atoms with E-state index in [-0.39, 0.29) is 25.7 Å². The first-order chi connectivity index (χ1) is 18.2. The topological polar surface area (TPSA) is 43.6 Å². The number of benzene rings is 3. The number of imidazole rings is 1. The van der Waals surface area contributed by atoms with E-state index < -0.39 is 11.6 Å². The monoisotopic (exact) mass is 679 g/mol. The summed E-state index contributed by atoms with van der Waals surface area (Å²) in [7, 11) is 0. The molecular formula is C31H20F2IrN4-2. The number of rotatable bonds is 4. The minimum atomic E-state index is -0.649. The van der Waals surface area contributed by atoms with Gasteiger partial charge < -0.3 is 14.5 Å². The summed E-state index contributed by atoms with van der Waals surface area (Å²) >= 11 is 0. The van der Waals surface area contributed by atoms with Gasteiger partial charge in [-0.3, -0.25) is 13.8 Å². The molecule has 0 aliphatic rings. The van der Waals surface area contributed by atoms with Crippen molar-refractivity contribution >= 4 is 0 Å². The standard InChI is InChI=1S/C20H14N3.C11H6F2N.Ir/c1-3-9-16(10-4-1)19-20(17-11-5-2-6-12-17)23(15-22-19)18-13-7-8-14-21-18;12-8-4-5-9(10(13)7-8)11-3-1-2-6-14-11;/h1-14H;1-4,6-7H;/q2*-1;. The van der Waals surface area contributed by atoms with Crippen LogP contribution in [0.1, 0.15) is 0 Å². The summed E-state index contributed by atoms with van der Waals surface area (Å²) in [5.41, 5.74) is 4.69. The Morgan fingerprint density at radius 1 is 0.684 bits per heavy atom. The van der Waals surface area contributed by atoms with Crippen molar-refractivity contribution in [1.82, 2.24) is 19.5 Å². The maximum atomic E-state index is 13.2. The normalized spacial score (nSPS) is 10.2. The van der Waals surface area contributed by atoms with Crippen LogP contribution in [0.25, 0.3) is 39.6 Å². The number of hydrogen-bond acceptors (Lipinski definition) is 3. The Morgan fingerprint density at radius 2 is 1.32 bits per heavy atom. The van der Waals surface area contributed by atoms with Crippen LogP contribution >= 0.6 is 0 Å². The summed E-state index contributed by atoms with van der Waals surface area (Å²) in [6, 6.07) is 35.7. The molecule has 0 saturated carbocycles. The van der Waals surface area contributed by atoms with Gasteiger partial charge in [0, 0.05) is 50.5 Å².